The molecule has 3 aromatic rings. The summed E-state index contributed by atoms with van der Waals surface area (Å²) in [6.45, 7) is 7.63. The largest absolute Gasteiger partial charge is 0.489 e. The number of hydrogen-bond donors (Lipinski definition) is 0. The molecule has 0 N–H and O–H groups in total. The van der Waals surface area contributed by atoms with E-state index in [1.807, 2.05) is 48.2 Å². The van der Waals surface area contributed by atoms with E-state index in [1.54, 1.807) is 6.92 Å². The molecule has 0 saturated heterocycles. The van der Waals surface area contributed by atoms with Gasteiger partial charge >= 0.3 is 5.97 Å². The standard InChI is InChI=1S/C37H42F3NO4/c1-5-44-34(42)22-43-15-9-12-25-10-8-11-26(17-25)21-45-28-19-32(38)35(33(39)20-28)36-31-18-27-13-6-7-14-29(27)30(31)16-24(2)41(36)23-37(3,4)40/h6-8,10-11,13-14,17,19-20,24,36H,5,9,12,15-16,18,21-23H2,1-4H3/t24-,36+/m1/s1. The molecule has 0 bridgehead atoms. The van der Waals surface area contributed by atoms with E-state index in [1.165, 1.54) is 26.0 Å². The molecule has 45 heavy (non-hydrogen) atoms. The fourth-order valence-electron chi connectivity index (χ4n) is 6.53. The average Bonchev–Trinajstić information content (AvgIpc) is 3.35. The summed E-state index contributed by atoms with van der Waals surface area (Å²) >= 11 is 0. The lowest BCUT2D eigenvalue weighted by atomic mass is 9.84. The third kappa shape index (κ3) is 7.97. The second kappa shape index (κ2) is 14.2. The van der Waals surface area contributed by atoms with Crippen molar-refractivity contribution in [3.05, 3.63) is 106 Å². The summed E-state index contributed by atoms with van der Waals surface area (Å²) in [5.41, 5.74) is 4.62. The van der Waals surface area contributed by atoms with Gasteiger partial charge in [-0.25, -0.2) is 18.0 Å². The Morgan fingerprint density at radius 3 is 2.49 bits per heavy atom. The van der Waals surface area contributed by atoms with Gasteiger partial charge in [0.15, 0.2) is 0 Å². The number of rotatable bonds is 13. The van der Waals surface area contributed by atoms with Gasteiger partial charge in [-0.15, -0.1) is 0 Å². The van der Waals surface area contributed by atoms with E-state index >= 15 is 13.2 Å². The number of aryl methyl sites for hydroxylation is 1. The zero-order chi connectivity index (χ0) is 32.1. The smallest absolute Gasteiger partial charge is 0.332 e. The molecule has 1 aliphatic carbocycles. The lowest BCUT2D eigenvalue weighted by Crippen LogP contribution is -2.47. The van der Waals surface area contributed by atoms with Crippen molar-refractivity contribution in [1.29, 1.82) is 0 Å². The average molecular weight is 622 g/mol. The summed E-state index contributed by atoms with van der Waals surface area (Å²) < 4.78 is 63.1. The van der Waals surface area contributed by atoms with Crippen molar-refractivity contribution in [2.75, 3.05) is 26.4 Å². The van der Waals surface area contributed by atoms with E-state index in [0.29, 0.717) is 26.1 Å². The summed E-state index contributed by atoms with van der Waals surface area (Å²) in [5, 5.41) is 0. The van der Waals surface area contributed by atoms with E-state index < -0.39 is 23.3 Å². The predicted octanol–water partition coefficient (Wildman–Crippen LogP) is 7.95. The molecule has 2 aliphatic rings. The Morgan fingerprint density at radius 2 is 1.76 bits per heavy atom. The van der Waals surface area contributed by atoms with Crippen LogP contribution in [0.1, 0.15) is 74.4 Å². The number of hydrogen-bond acceptors (Lipinski definition) is 5. The molecule has 0 fully saturated rings. The minimum atomic E-state index is -1.55. The fourth-order valence-corrected chi connectivity index (χ4v) is 6.53. The van der Waals surface area contributed by atoms with Gasteiger partial charge in [0.05, 0.1) is 12.6 Å². The molecule has 3 aromatic carbocycles. The number of alkyl halides is 1. The van der Waals surface area contributed by atoms with Crippen LogP contribution in [0.3, 0.4) is 0 Å². The Kier molecular flexibility index (Phi) is 10.3. The van der Waals surface area contributed by atoms with Crippen molar-refractivity contribution in [1.82, 2.24) is 4.90 Å². The quantitative estimate of drug-likeness (QED) is 0.143. The van der Waals surface area contributed by atoms with Crippen molar-refractivity contribution < 1.29 is 32.2 Å². The number of fused-ring (bicyclic) bond motifs is 2. The predicted molar refractivity (Wildman–Crippen MR) is 169 cm³/mol. The SMILES string of the molecule is CCOC(=O)COCCCc1cccc(COc2cc(F)c([C@@H]3C4=C(C[C@@H](C)N3CC(C)(C)F)c3ccccc3C4)c(F)c2)c1. The molecule has 0 unspecified atom stereocenters. The van der Waals surface area contributed by atoms with Gasteiger partial charge in [0.2, 0.25) is 0 Å². The molecular weight excluding hydrogens is 579 g/mol. The normalized spacial score (nSPS) is 18.1. The van der Waals surface area contributed by atoms with Crippen molar-refractivity contribution in [2.45, 2.75) is 77.7 Å². The van der Waals surface area contributed by atoms with E-state index in [4.69, 9.17) is 14.2 Å². The maximum atomic E-state index is 16.0. The fraction of sp³-hybridized carbons (Fsp3) is 0.432. The van der Waals surface area contributed by atoms with Crippen LogP contribution in [0, 0.1) is 11.6 Å². The summed E-state index contributed by atoms with van der Waals surface area (Å²) in [6, 6.07) is 17.5. The molecule has 0 aromatic heterocycles. The molecule has 1 aliphatic heterocycles. The van der Waals surface area contributed by atoms with Crippen LogP contribution in [0.5, 0.6) is 5.75 Å². The zero-order valence-corrected chi connectivity index (χ0v) is 26.5. The lowest BCUT2D eigenvalue weighted by Gasteiger charge is -2.44. The Labute approximate surface area is 264 Å². The van der Waals surface area contributed by atoms with Gasteiger partial charge in [-0.3, -0.25) is 4.90 Å². The third-order valence-electron chi connectivity index (χ3n) is 8.40. The Bertz CT molecular complexity index is 1520. The molecule has 5 nitrogen and oxygen atoms in total. The van der Waals surface area contributed by atoms with Gasteiger partial charge in [0, 0.05) is 36.9 Å². The first-order valence-corrected chi connectivity index (χ1v) is 15.7. The highest BCUT2D eigenvalue weighted by atomic mass is 19.1. The zero-order valence-electron chi connectivity index (χ0n) is 26.5. The van der Waals surface area contributed by atoms with E-state index in [0.717, 1.165) is 46.2 Å². The summed E-state index contributed by atoms with van der Waals surface area (Å²) in [7, 11) is 0. The summed E-state index contributed by atoms with van der Waals surface area (Å²) in [4.78, 5) is 13.3. The number of ether oxygens (including phenoxy) is 3. The highest BCUT2D eigenvalue weighted by Crippen LogP contribution is 2.50. The molecule has 8 heteroatoms. The highest BCUT2D eigenvalue weighted by molar-refractivity contribution is 5.79. The summed E-state index contributed by atoms with van der Waals surface area (Å²) in [5.74, 6) is -1.69. The molecule has 0 amide bonds. The summed E-state index contributed by atoms with van der Waals surface area (Å²) in [6.07, 6.45) is 2.74. The van der Waals surface area contributed by atoms with Crippen LogP contribution in [0.2, 0.25) is 0 Å². The maximum absolute atomic E-state index is 16.0. The minimum absolute atomic E-state index is 0.0525. The van der Waals surface area contributed by atoms with Crippen molar-refractivity contribution in [3.63, 3.8) is 0 Å². The van der Waals surface area contributed by atoms with E-state index in [-0.39, 0.29) is 43.1 Å². The first-order valence-electron chi connectivity index (χ1n) is 15.7. The number of benzene rings is 3. The topological polar surface area (TPSA) is 48.0 Å². The van der Waals surface area contributed by atoms with Crippen LogP contribution in [-0.2, 0) is 33.7 Å². The van der Waals surface area contributed by atoms with Gasteiger partial charge in [-0.2, -0.15) is 0 Å². The van der Waals surface area contributed by atoms with Crippen LogP contribution in [0.25, 0.3) is 5.57 Å². The monoisotopic (exact) mass is 621 g/mol. The van der Waals surface area contributed by atoms with Crippen LogP contribution in [0.15, 0.2) is 66.2 Å². The molecule has 5 rings (SSSR count). The van der Waals surface area contributed by atoms with E-state index in [9.17, 15) is 4.79 Å². The molecule has 0 saturated carbocycles. The van der Waals surface area contributed by atoms with Gasteiger partial charge in [-0.05, 0) is 86.8 Å². The lowest BCUT2D eigenvalue weighted by molar-refractivity contribution is -0.148. The van der Waals surface area contributed by atoms with Crippen LogP contribution >= 0.6 is 0 Å². The van der Waals surface area contributed by atoms with Gasteiger partial charge in [0.25, 0.3) is 0 Å². The van der Waals surface area contributed by atoms with Crippen molar-refractivity contribution in [3.8, 4) is 5.75 Å². The molecular formula is C37H42F3NO4. The second-order valence-corrected chi connectivity index (χ2v) is 12.6. The number of nitrogens with zero attached hydrogens (tertiary/aromatic N) is 1. The Balaban J connectivity index is 1.30. The van der Waals surface area contributed by atoms with Crippen LogP contribution in [0.4, 0.5) is 13.2 Å². The minimum Gasteiger partial charge on any atom is -0.489 e. The Hall–Kier alpha value is -3.62. The van der Waals surface area contributed by atoms with Gasteiger partial charge in [-0.1, -0.05) is 48.5 Å². The second-order valence-electron chi connectivity index (χ2n) is 12.6. The molecule has 240 valence electrons. The first-order chi connectivity index (χ1) is 21.5. The van der Waals surface area contributed by atoms with Crippen molar-refractivity contribution >= 4 is 11.5 Å². The first kappa shape index (κ1) is 32.8. The number of carbonyl (C=O) groups is 1. The van der Waals surface area contributed by atoms with E-state index in [2.05, 4.69) is 12.1 Å². The van der Waals surface area contributed by atoms with Gasteiger partial charge in [0.1, 0.15) is 36.3 Å². The maximum Gasteiger partial charge on any atom is 0.332 e. The number of halogens is 3. The third-order valence-corrected chi connectivity index (χ3v) is 8.40. The molecule has 0 spiro atoms. The molecule has 0 radical (unpaired) electrons. The van der Waals surface area contributed by atoms with Crippen molar-refractivity contribution in [2.24, 2.45) is 0 Å². The van der Waals surface area contributed by atoms with Crippen LogP contribution < -0.4 is 4.74 Å². The molecule has 1 heterocycles. The molecule has 2 atom stereocenters. The van der Waals surface area contributed by atoms with Crippen LogP contribution in [-0.4, -0.2) is 48.9 Å². The van der Waals surface area contributed by atoms with Gasteiger partial charge < -0.3 is 14.2 Å². The number of esters is 1. The Morgan fingerprint density at radius 1 is 1.02 bits per heavy atom. The highest BCUT2D eigenvalue weighted by Gasteiger charge is 2.43. The number of carbonyl (C=O) groups excluding carboxylic acids is 1.